The van der Waals surface area contributed by atoms with Gasteiger partial charge >= 0.3 is 5.97 Å². The van der Waals surface area contributed by atoms with Gasteiger partial charge in [-0.15, -0.1) is 11.8 Å². The summed E-state index contributed by atoms with van der Waals surface area (Å²) in [5, 5.41) is 21.1. The summed E-state index contributed by atoms with van der Waals surface area (Å²) >= 11 is 0. The van der Waals surface area contributed by atoms with Crippen molar-refractivity contribution in [3.63, 3.8) is 0 Å². The predicted molar refractivity (Wildman–Crippen MR) is 115 cm³/mol. The Balaban J connectivity index is 1.73. The largest absolute Gasteiger partial charge is 0.489 e. The third-order valence-electron chi connectivity index (χ3n) is 6.26. The molecule has 1 saturated carbocycles. The van der Waals surface area contributed by atoms with E-state index in [0.29, 0.717) is 25.7 Å². The monoisotopic (exact) mass is 412 g/mol. The Morgan fingerprint density at radius 3 is 2.97 bits per heavy atom. The maximum atomic E-state index is 11.4. The van der Waals surface area contributed by atoms with E-state index in [2.05, 4.69) is 17.9 Å². The number of aliphatic hydroxyl groups is 2. The number of ether oxygens (including phenoxy) is 2. The molecule has 30 heavy (non-hydrogen) atoms. The summed E-state index contributed by atoms with van der Waals surface area (Å²) in [6, 6.07) is 6.13. The summed E-state index contributed by atoms with van der Waals surface area (Å²) < 4.78 is 11.0. The number of hydrogen-bond acceptors (Lipinski definition) is 5. The third-order valence-corrected chi connectivity index (χ3v) is 6.26. The van der Waals surface area contributed by atoms with Crippen molar-refractivity contribution in [2.45, 2.75) is 70.2 Å². The minimum Gasteiger partial charge on any atom is -0.489 e. The molecule has 5 heteroatoms. The normalized spacial score (nSPS) is 26.3. The van der Waals surface area contributed by atoms with Crippen molar-refractivity contribution in [3.8, 4) is 17.6 Å². The number of esters is 1. The first-order valence-electron chi connectivity index (χ1n) is 10.8. The molecule has 1 aromatic carbocycles. The minimum atomic E-state index is -0.594. The van der Waals surface area contributed by atoms with Crippen LogP contribution < -0.4 is 4.74 Å². The molecule has 2 aliphatic rings. The second-order valence-corrected chi connectivity index (χ2v) is 8.31. The number of benzene rings is 1. The number of fused-ring (bicyclic) bond motifs is 3. The Morgan fingerprint density at radius 1 is 1.43 bits per heavy atom. The molecule has 1 heterocycles. The van der Waals surface area contributed by atoms with Crippen LogP contribution >= 0.6 is 0 Å². The number of carbonyl (C=O) groups excluding carboxylic acids is 1. The maximum Gasteiger partial charge on any atom is 0.305 e. The molecular formula is C25H32O5. The molecule has 0 saturated heterocycles. The van der Waals surface area contributed by atoms with Crippen LogP contribution in [0.4, 0.5) is 0 Å². The molecule has 0 amide bonds. The zero-order valence-electron chi connectivity index (χ0n) is 18.0. The molecule has 1 aromatic rings. The lowest BCUT2D eigenvalue weighted by Crippen LogP contribution is -2.19. The quantitative estimate of drug-likeness (QED) is 0.389. The molecular weight excluding hydrogens is 380 g/mol. The van der Waals surface area contributed by atoms with Crippen LogP contribution in [0.5, 0.6) is 5.75 Å². The van der Waals surface area contributed by atoms with Gasteiger partial charge in [-0.1, -0.05) is 37.3 Å². The number of rotatable bonds is 8. The second kappa shape index (κ2) is 10.1. The van der Waals surface area contributed by atoms with E-state index < -0.39 is 12.2 Å². The number of aliphatic hydroxyl groups excluding tert-OH is 2. The smallest absolute Gasteiger partial charge is 0.305 e. The number of methoxy groups -OCH3 is 1. The third kappa shape index (κ3) is 4.88. The molecule has 1 aliphatic heterocycles. The zero-order chi connectivity index (χ0) is 21.7. The molecule has 0 aromatic heterocycles. The summed E-state index contributed by atoms with van der Waals surface area (Å²) in [5.74, 6) is 6.58. The van der Waals surface area contributed by atoms with Crippen LogP contribution in [0.3, 0.4) is 0 Å². The second-order valence-electron chi connectivity index (χ2n) is 8.31. The zero-order valence-corrected chi connectivity index (χ0v) is 18.0. The maximum absolute atomic E-state index is 11.4. The average molecular weight is 413 g/mol. The molecule has 0 bridgehead atoms. The lowest BCUT2D eigenvalue weighted by molar-refractivity contribution is -0.140. The van der Waals surface area contributed by atoms with Crippen molar-refractivity contribution in [1.29, 1.82) is 0 Å². The molecule has 6 atom stereocenters. The van der Waals surface area contributed by atoms with E-state index >= 15 is 0 Å². The van der Waals surface area contributed by atoms with Crippen LogP contribution in [0.15, 0.2) is 30.4 Å². The Labute approximate surface area is 179 Å². The summed E-state index contributed by atoms with van der Waals surface area (Å²) in [5.41, 5.74) is 2.20. The average Bonchev–Trinajstić information content (AvgIpc) is 3.25. The topological polar surface area (TPSA) is 76.0 Å². The van der Waals surface area contributed by atoms with Gasteiger partial charge in [0.2, 0.25) is 0 Å². The van der Waals surface area contributed by atoms with Gasteiger partial charge in [0, 0.05) is 36.7 Å². The van der Waals surface area contributed by atoms with Crippen molar-refractivity contribution in [1.82, 2.24) is 0 Å². The van der Waals surface area contributed by atoms with Crippen LogP contribution in [0, 0.1) is 23.7 Å². The summed E-state index contributed by atoms with van der Waals surface area (Å²) in [6.45, 7) is 3.77. The van der Waals surface area contributed by atoms with E-state index in [-0.39, 0.29) is 29.8 Å². The van der Waals surface area contributed by atoms with E-state index in [1.807, 2.05) is 25.1 Å². The molecule has 2 N–H and O–H groups in total. The SMILES string of the molecule is CC#CC[C@@H](C)C(O)/C=C/[C@H]1[C@@H]2c3cccc(CCCC(=O)OC)c3O[C@@H]2C[C@@H]1O. The van der Waals surface area contributed by atoms with Gasteiger partial charge in [0.05, 0.1) is 19.3 Å². The summed E-state index contributed by atoms with van der Waals surface area (Å²) in [7, 11) is 1.40. The fourth-order valence-electron chi connectivity index (χ4n) is 4.51. The van der Waals surface area contributed by atoms with Crippen LogP contribution in [-0.2, 0) is 16.0 Å². The van der Waals surface area contributed by atoms with Crippen molar-refractivity contribution >= 4 is 5.97 Å². The minimum absolute atomic E-state index is 0.0385. The van der Waals surface area contributed by atoms with Gasteiger partial charge in [-0.05, 0) is 31.2 Å². The first kappa shape index (κ1) is 22.4. The Morgan fingerprint density at radius 2 is 2.23 bits per heavy atom. The van der Waals surface area contributed by atoms with Gasteiger partial charge < -0.3 is 19.7 Å². The highest BCUT2D eigenvalue weighted by molar-refractivity contribution is 5.69. The lowest BCUT2D eigenvalue weighted by atomic mass is 9.86. The van der Waals surface area contributed by atoms with E-state index in [1.54, 1.807) is 13.0 Å². The molecule has 3 rings (SSSR count). The van der Waals surface area contributed by atoms with Gasteiger partial charge in [0.25, 0.3) is 0 Å². The van der Waals surface area contributed by atoms with Gasteiger partial charge in [-0.3, -0.25) is 4.79 Å². The van der Waals surface area contributed by atoms with Crippen LogP contribution in [-0.4, -0.2) is 41.6 Å². The summed E-state index contributed by atoms with van der Waals surface area (Å²) in [4.78, 5) is 11.4. The van der Waals surface area contributed by atoms with E-state index in [0.717, 1.165) is 23.3 Å². The molecule has 0 spiro atoms. The van der Waals surface area contributed by atoms with E-state index in [9.17, 15) is 15.0 Å². The lowest BCUT2D eigenvalue weighted by Gasteiger charge is -2.19. The predicted octanol–water partition coefficient (Wildman–Crippen LogP) is 3.37. The highest BCUT2D eigenvalue weighted by atomic mass is 16.5. The fourth-order valence-corrected chi connectivity index (χ4v) is 4.51. The summed E-state index contributed by atoms with van der Waals surface area (Å²) in [6.07, 6.45) is 5.66. The molecule has 1 fully saturated rings. The van der Waals surface area contributed by atoms with Crippen LogP contribution in [0.1, 0.15) is 56.6 Å². The highest BCUT2D eigenvalue weighted by Crippen LogP contribution is 2.52. The van der Waals surface area contributed by atoms with Gasteiger partial charge in [0.1, 0.15) is 11.9 Å². The van der Waals surface area contributed by atoms with Crippen molar-refractivity contribution in [2.24, 2.45) is 11.8 Å². The number of hydrogen-bond donors (Lipinski definition) is 2. The van der Waals surface area contributed by atoms with Gasteiger partial charge in [0.15, 0.2) is 0 Å². The molecule has 1 unspecified atom stereocenters. The Hall–Kier alpha value is -2.29. The molecule has 5 nitrogen and oxygen atoms in total. The number of para-hydroxylation sites is 1. The highest BCUT2D eigenvalue weighted by Gasteiger charge is 2.48. The van der Waals surface area contributed by atoms with Crippen molar-refractivity contribution in [2.75, 3.05) is 7.11 Å². The molecule has 1 aliphatic carbocycles. The molecule has 162 valence electrons. The number of aryl methyl sites for hydroxylation is 1. The molecule has 0 radical (unpaired) electrons. The van der Waals surface area contributed by atoms with E-state index in [1.165, 1.54) is 7.11 Å². The Bertz CT molecular complexity index is 834. The van der Waals surface area contributed by atoms with Gasteiger partial charge in [-0.2, -0.15) is 0 Å². The van der Waals surface area contributed by atoms with E-state index in [4.69, 9.17) is 9.47 Å². The van der Waals surface area contributed by atoms with Crippen LogP contribution in [0.2, 0.25) is 0 Å². The van der Waals surface area contributed by atoms with Crippen LogP contribution in [0.25, 0.3) is 0 Å². The Kier molecular flexibility index (Phi) is 7.58. The fraction of sp³-hybridized carbons (Fsp3) is 0.560. The first-order valence-corrected chi connectivity index (χ1v) is 10.8. The van der Waals surface area contributed by atoms with Crippen molar-refractivity contribution < 1.29 is 24.5 Å². The first-order chi connectivity index (χ1) is 14.5. The van der Waals surface area contributed by atoms with Crippen molar-refractivity contribution in [3.05, 3.63) is 41.5 Å². The standard InChI is InChI=1S/C25H32O5/c1-4-5-8-16(2)20(26)14-13-18-21(27)15-22-24(18)19-11-6-9-17(25(19)30-22)10-7-12-23(28)29-3/h6,9,11,13-14,16,18,20-22,24,26-27H,7-8,10,12,15H2,1-3H3/b14-13+/t16-,18-,20?,21+,22-,24-/m1/s1. The van der Waals surface area contributed by atoms with Gasteiger partial charge in [-0.25, -0.2) is 0 Å². The number of carbonyl (C=O) groups is 1.